The minimum absolute atomic E-state index is 0.231. The maximum absolute atomic E-state index is 11.1. The first-order valence-corrected chi connectivity index (χ1v) is 6.91. The van der Waals surface area contributed by atoms with Gasteiger partial charge in [-0.1, -0.05) is 5.21 Å². The molecule has 7 nitrogen and oxygen atoms in total. The second-order valence-corrected chi connectivity index (χ2v) is 5.76. The van der Waals surface area contributed by atoms with Crippen LogP contribution in [0.3, 0.4) is 0 Å². The lowest BCUT2D eigenvalue weighted by Crippen LogP contribution is -2.50. The number of hydrogen-bond donors (Lipinski definition) is 3. The number of carbonyl (C=O) groups is 1. The van der Waals surface area contributed by atoms with Crippen LogP contribution in [0.15, 0.2) is 0 Å². The highest BCUT2D eigenvalue weighted by molar-refractivity contribution is 5.70. The Bertz CT molecular complexity index is 435. The molecule has 2 heterocycles. The van der Waals surface area contributed by atoms with Crippen molar-refractivity contribution in [2.24, 2.45) is 17.8 Å². The first-order valence-electron chi connectivity index (χ1n) is 6.91. The highest BCUT2D eigenvalue weighted by atomic mass is 16.4. The molecule has 1 aliphatic carbocycles. The van der Waals surface area contributed by atoms with E-state index < -0.39 is 5.97 Å². The fourth-order valence-corrected chi connectivity index (χ4v) is 3.53. The molecule has 1 saturated heterocycles. The Morgan fingerprint density at radius 1 is 1.37 bits per heavy atom. The lowest BCUT2D eigenvalue weighted by molar-refractivity contribution is -0.143. The van der Waals surface area contributed by atoms with Crippen molar-refractivity contribution in [3.05, 3.63) is 5.82 Å². The predicted octanol–water partition coefficient (Wildman–Crippen LogP) is 0.221. The third kappa shape index (κ3) is 2.75. The summed E-state index contributed by atoms with van der Waals surface area (Å²) in [6, 6.07) is 0.497. The maximum Gasteiger partial charge on any atom is 0.307 e. The number of rotatable bonds is 3. The molecule has 0 bridgehead atoms. The number of nitrogens with one attached hydrogen (secondary N) is 2. The Kier molecular flexibility index (Phi) is 3.46. The Morgan fingerprint density at radius 2 is 2.26 bits per heavy atom. The molecule has 1 aliphatic heterocycles. The summed E-state index contributed by atoms with van der Waals surface area (Å²) in [7, 11) is 0. The molecular weight excluding hydrogens is 246 g/mol. The molecule has 0 radical (unpaired) electrons. The van der Waals surface area contributed by atoms with Crippen molar-refractivity contribution in [3.8, 4) is 0 Å². The van der Waals surface area contributed by atoms with Crippen LogP contribution in [0.4, 0.5) is 0 Å². The molecule has 2 fully saturated rings. The average Bonchev–Trinajstić information content (AvgIpc) is 2.90. The molecule has 1 saturated carbocycles. The number of aromatic nitrogens is 4. The van der Waals surface area contributed by atoms with Crippen LogP contribution in [-0.4, -0.2) is 44.3 Å². The molecular formula is C12H19N5O2. The molecule has 0 amide bonds. The molecule has 0 spiro atoms. The molecule has 3 N–H and O–H groups in total. The summed E-state index contributed by atoms with van der Waals surface area (Å²) in [4.78, 5) is 11.1. The monoisotopic (exact) mass is 265 g/mol. The number of fused-ring (bicyclic) bond motifs is 1. The van der Waals surface area contributed by atoms with Crippen LogP contribution in [0, 0.1) is 17.8 Å². The van der Waals surface area contributed by atoms with Crippen molar-refractivity contribution in [1.82, 2.24) is 25.9 Å². The van der Waals surface area contributed by atoms with Crippen LogP contribution >= 0.6 is 0 Å². The molecule has 2 aliphatic rings. The van der Waals surface area contributed by atoms with Gasteiger partial charge >= 0.3 is 5.97 Å². The maximum atomic E-state index is 11.1. The predicted molar refractivity (Wildman–Crippen MR) is 66.2 cm³/mol. The molecule has 19 heavy (non-hydrogen) atoms. The second-order valence-electron chi connectivity index (χ2n) is 5.76. The average molecular weight is 265 g/mol. The number of hydrogen-bond acceptors (Lipinski definition) is 5. The van der Waals surface area contributed by atoms with Crippen LogP contribution in [0.25, 0.3) is 0 Å². The normalized spacial score (nSPS) is 34.7. The van der Waals surface area contributed by atoms with Gasteiger partial charge in [0.25, 0.3) is 0 Å². The van der Waals surface area contributed by atoms with Crippen LogP contribution in [0.2, 0.25) is 0 Å². The summed E-state index contributed by atoms with van der Waals surface area (Å²) in [6.07, 6.45) is 4.99. The van der Waals surface area contributed by atoms with Gasteiger partial charge in [-0.2, -0.15) is 5.21 Å². The number of nitrogens with zero attached hydrogens (tertiary/aromatic N) is 3. The molecule has 3 rings (SSSR count). The van der Waals surface area contributed by atoms with Gasteiger partial charge in [0.15, 0.2) is 5.82 Å². The SMILES string of the molecule is O=C(O)C1CNC2CCC(Cc3nn[nH]n3)CC2C1. The fourth-order valence-electron chi connectivity index (χ4n) is 3.53. The van der Waals surface area contributed by atoms with Gasteiger partial charge in [-0.3, -0.25) is 4.79 Å². The van der Waals surface area contributed by atoms with Crippen molar-refractivity contribution < 1.29 is 9.90 Å². The zero-order chi connectivity index (χ0) is 13.2. The topological polar surface area (TPSA) is 104 Å². The van der Waals surface area contributed by atoms with Crippen LogP contribution in [0.5, 0.6) is 0 Å². The van der Waals surface area contributed by atoms with E-state index in [-0.39, 0.29) is 5.92 Å². The molecule has 4 atom stereocenters. The summed E-state index contributed by atoms with van der Waals surface area (Å²) in [5.41, 5.74) is 0. The number of piperidine rings is 1. The van der Waals surface area contributed by atoms with E-state index >= 15 is 0 Å². The van der Waals surface area contributed by atoms with E-state index in [4.69, 9.17) is 5.11 Å². The summed E-state index contributed by atoms with van der Waals surface area (Å²) in [5, 5.41) is 26.6. The third-order valence-corrected chi connectivity index (χ3v) is 4.51. The third-order valence-electron chi connectivity index (χ3n) is 4.51. The Morgan fingerprint density at radius 3 is 3.00 bits per heavy atom. The molecule has 0 aromatic carbocycles. The van der Waals surface area contributed by atoms with Gasteiger partial charge in [0.05, 0.1) is 5.92 Å². The smallest absolute Gasteiger partial charge is 0.307 e. The summed E-state index contributed by atoms with van der Waals surface area (Å²) < 4.78 is 0. The summed E-state index contributed by atoms with van der Waals surface area (Å²) >= 11 is 0. The van der Waals surface area contributed by atoms with Gasteiger partial charge in [-0.25, -0.2) is 0 Å². The number of aliphatic carboxylic acids is 1. The first kappa shape index (κ1) is 12.5. The summed E-state index contributed by atoms with van der Waals surface area (Å²) in [5.74, 6) is 0.882. The standard InChI is InChI=1S/C12H19N5O2/c18-12(19)9-5-8-3-7(1-2-10(8)13-6-9)4-11-14-16-17-15-11/h7-10,13H,1-6H2,(H,18,19)(H,14,15,16,17). The summed E-state index contributed by atoms with van der Waals surface area (Å²) in [6.45, 7) is 0.617. The van der Waals surface area contributed by atoms with E-state index in [0.717, 1.165) is 37.9 Å². The van der Waals surface area contributed by atoms with Crippen molar-refractivity contribution in [3.63, 3.8) is 0 Å². The highest BCUT2D eigenvalue weighted by Gasteiger charge is 2.37. The molecule has 1 aromatic rings. The van der Waals surface area contributed by atoms with E-state index in [0.29, 0.717) is 24.4 Å². The first-order chi connectivity index (χ1) is 9.22. The highest BCUT2D eigenvalue weighted by Crippen LogP contribution is 2.37. The van der Waals surface area contributed by atoms with Crippen molar-refractivity contribution in [2.45, 2.75) is 38.1 Å². The molecule has 4 unspecified atom stereocenters. The quantitative estimate of drug-likeness (QED) is 0.722. The van der Waals surface area contributed by atoms with Crippen LogP contribution < -0.4 is 5.32 Å². The molecule has 1 aromatic heterocycles. The Labute approximate surface area is 111 Å². The second kappa shape index (κ2) is 5.24. The number of aromatic amines is 1. The van der Waals surface area contributed by atoms with Gasteiger partial charge in [-0.05, 0) is 37.5 Å². The van der Waals surface area contributed by atoms with Crippen LogP contribution in [0.1, 0.15) is 31.5 Å². The van der Waals surface area contributed by atoms with E-state index in [9.17, 15) is 4.79 Å². The van der Waals surface area contributed by atoms with Crippen LogP contribution in [-0.2, 0) is 11.2 Å². The van der Waals surface area contributed by atoms with Crippen molar-refractivity contribution in [2.75, 3.05) is 6.54 Å². The van der Waals surface area contributed by atoms with Gasteiger partial charge in [0, 0.05) is 19.0 Å². The van der Waals surface area contributed by atoms with E-state index in [1.54, 1.807) is 0 Å². The van der Waals surface area contributed by atoms with Gasteiger partial charge < -0.3 is 10.4 Å². The van der Waals surface area contributed by atoms with Gasteiger partial charge in [-0.15, -0.1) is 10.2 Å². The van der Waals surface area contributed by atoms with E-state index in [2.05, 4.69) is 25.9 Å². The fraction of sp³-hybridized carbons (Fsp3) is 0.833. The van der Waals surface area contributed by atoms with E-state index in [1.165, 1.54) is 0 Å². The zero-order valence-electron chi connectivity index (χ0n) is 10.7. The van der Waals surface area contributed by atoms with Gasteiger partial charge in [0.1, 0.15) is 0 Å². The van der Waals surface area contributed by atoms with Crippen molar-refractivity contribution in [1.29, 1.82) is 0 Å². The number of tetrazole rings is 1. The number of carboxylic acid groups (broad SMARTS) is 1. The zero-order valence-corrected chi connectivity index (χ0v) is 10.7. The van der Waals surface area contributed by atoms with E-state index in [1.807, 2.05) is 0 Å². The number of H-pyrrole nitrogens is 1. The lowest BCUT2D eigenvalue weighted by Gasteiger charge is -2.41. The van der Waals surface area contributed by atoms with Gasteiger partial charge in [0.2, 0.25) is 0 Å². The van der Waals surface area contributed by atoms with Crippen molar-refractivity contribution >= 4 is 5.97 Å². The largest absolute Gasteiger partial charge is 0.481 e. The minimum atomic E-state index is -0.675. The molecule has 104 valence electrons. The minimum Gasteiger partial charge on any atom is -0.481 e. The Hall–Kier alpha value is -1.50. The lowest BCUT2D eigenvalue weighted by atomic mass is 9.71. The molecule has 7 heteroatoms. The Balaban J connectivity index is 1.59. The number of carboxylic acids is 1.